The summed E-state index contributed by atoms with van der Waals surface area (Å²) in [5, 5.41) is 14.8. The van der Waals surface area contributed by atoms with Crippen LogP contribution in [0.25, 0.3) is 0 Å². The Morgan fingerprint density at radius 3 is 2.33 bits per heavy atom. The zero-order valence-corrected chi connectivity index (χ0v) is 8.90. The van der Waals surface area contributed by atoms with Gasteiger partial charge in [0.2, 0.25) is 5.96 Å². The molecule has 0 heterocycles. The molecular weight excluding hydrogens is 196 g/mol. The smallest absolute Gasteiger partial charge is 0.300 e. The van der Waals surface area contributed by atoms with Gasteiger partial charge in [0.05, 0.1) is 5.71 Å². The van der Waals surface area contributed by atoms with E-state index in [0.717, 1.165) is 25.5 Å². The summed E-state index contributed by atoms with van der Waals surface area (Å²) in [7, 11) is 0. The van der Waals surface area contributed by atoms with E-state index >= 15 is 0 Å². The Morgan fingerprint density at radius 2 is 2.00 bits per heavy atom. The van der Waals surface area contributed by atoms with Crippen molar-refractivity contribution in [3.63, 3.8) is 0 Å². The first-order valence-corrected chi connectivity index (χ1v) is 4.44. The Hall–Kier alpha value is -1.85. The molecule has 6 nitrogen and oxygen atoms in total. The largest absolute Gasteiger partial charge is 0.481 e. The van der Waals surface area contributed by atoms with E-state index in [1.807, 2.05) is 6.08 Å². The van der Waals surface area contributed by atoms with Crippen LogP contribution >= 0.6 is 0 Å². The number of hydrogen-bond acceptors (Lipinski definition) is 3. The number of hydrogen-bond donors (Lipinski definition) is 3. The Labute approximate surface area is 88.4 Å². The van der Waals surface area contributed by atoms with Gasteiger partial charge in [-0.1, -0.05) is 5.57 Å². The molecule has 0 spiro atoms. The normalized spacial score (nSPS) is 16.4. The first-order chi connectivity index (χ1) is 6.91. The lowest BCUT2D eigenvalue weighted by molar-refractivity contribution is -0.134. The molecule has 0 unspecified atom stereocenters. The number of aliphatic carboxylic acids is 1. The van der Waals surface area contributed by atoms with Gasteiger partial charge in [-0.15, -0.1) is 5.10 Å². The maximum Gasteiger partial charge on any atom is 0.300 e. The van der Waals surface area contributed by atoms with E-state index in [9.17, 15) is 0 Å². The zero-order chi connectivity index (χ0) is 11.8. The van der Waals surface area contributed by atoms with Gasteiger partial charge in [0, 0.05) is 6.92 Å². The third-order valence-corrected chi connectivity index (χ3v) is 1.48. The van der Waals surface area contributed by atoms with Gasteiger partial charge >= 0.3 is 0 Å². The third-order valence-electron chi connectivity index (χ3n) is 1.48. The monoisotopic (exact) mass is 212 g/mol. The van der Waals surface area contributed by atoms with Crippen molar-refractivity contribution in [1.29, 1.82) is 0 Å². The van der Waals surface area contributed by atoms with Gasteiger partial charge in [0.1, 0.15) is 0 Å². The number of carboxylic acids is 1. The van der Waals surface area contributed by atoms with Crippen LogP contribution in [0.4, 0.5) is 0 Å². The second-order valence-electron chi connectivity index (χ2n) is 3.13. The molecule has 0 aromatic carbocycles. The Morgan fingerprint density at radius 1 is 1.47 bits per heavy atom. The number of guanidine groups is 1. The van der Waals surface area contributed by atoms with Gasteiger partial charge in [0.15, 0.2) is 0 Å². The molecule has 0 atom stereocenters. The number of carbonyl (C=O) groups is 1. The highest BCUT2D eigenvalue weighted by Crippen LogP contribution is 2.14. The summed E-state index contributed by atoms with van der Waals surface area (Å²) in [4.78, 5) is 9.00. The van der Waals surface area contributed by atoms with Crippen molar-refractivity contribution >= 4 is 17.6 Å². The number of nitrogens with two attached hydrogens (primary N) is 2. The molecule has 1 aliphatic rings. The molecule has 5 N–H and O–H groups in total. The summed E-state index contributed by atoms with van der Waals surface area (Å²) >= 11 is 0. The number of allylic oxidation sites excluding steroid dienone is 2. The SMILES string of the molecule is CC(=O)O.CC1=C/C(=N\N=C(N)N)CC1. The van der Waals surface area contributed by atoms with Crippen LogP contribution in [-0.2, 0) is 4.79 Å². The summed E-state index contributed by atoms with van der Waals surface area (Å²) < 4.78 is 0. The zero-order valence-electron chi connectivity index (χ0n) is 8.90. The Balaban J connectivity index is 0.000000423. The molecule has 0 saturated carbocycles. The fraction of sp³-hybridized carbons (Fsp3) is 0.444. The summed E-state index contributed by atoms with van der Waals surface area (Å²) in [5.41, 5.74) is 12.5. The highest BCUT2D eigenvalue weighted by molar-refractivity contribution is 5.98. The van der Waals surface area contributed by atoms with Crippen LogP contribution in [-0.4, -0.2) is 22.7 Å². The minimum absolute atomic E-state index is 0.00968. The first-order valence-electron chi connectivity index (χ1n) is 4.44. The van der Waals surface area contributed by atoms with Crippen molar-refractivity contribution in [3.05, 3.63) is 11.6 Å². The average Bonchev–Trinajstić information content (AvgIpc) is 2.47. The minimum Gasteiger partial charge on any atom is -0.481 e. The molecule has 0 aliphatic heterocycles. The van der Waals surface area contributed by atoms with Gasteiger partial charge in [0.25, 0.3) is 5.97 Å². The van der Waals surface area contributed by atoms with E-state index in [1.165, 1.54) is 5.57 Å². The second kappa shape index (κ2) is 6.58. The molecule has 15 heavy (non-hydrogen) atoms. The quantitative estimate of drug-likeness (QED) is 0.332. The maximum atomic E-state index is 9.00. The first kappa shape index (κ1) is 13.2. The van der Waals surface area contributed by atoms with Gasteiger partial charge in [-0.3, -0.25) is 4.79 Å². The predicted octanol–water partition coefficient (Wildman–Crippen LogP) is 0.447. The highest BCUT2D eigenvalue weighted by atomic mass is 16.4. The van der Waals surface area contributed by atoms with Crippen LogP contribution < -0.4 is 11.5 Å². The second-order valence-corrected chi connectivity index (χ2v) is 3.13. The fourth-order valence-electron chi connectivity index (χ4n) is 0.955. The van der Waals surface area contributed by atoms with Crippen molar-refractivity contribution < 1.29 is 9.90 Å². The molecule has 0 amide bonds. The van der Waals surface area contributed by atoms with Crippen LogP contribution in [0.15, 0.2) is 21.9 Å². The number of rotatable bonds is 1. The summed E-state index contributed by atoms with van der Waals surface area (Å²) in [6, 6.07) is 0. The van der Waals surface area contributed by atoms with Crippen molar-refractivity contribution in [2.75, 3.05) is 0 Å². The number of carboxylic acid groups (broad SMARTS) is 1. The van der Waals surface area contributed by atoms with Crippen molar-refractivity contribution in [2.45, 2.75) is 26.7 Å². The van der Waals surface area contributed by atoms with E-state index < -0.39 is 5.97 Å². The fourth-order valence-corrected chi connectivity index (χ4v) is 0.955. The van der Waals surface area contributed by atoms with E-state index in [4.69, 9.17) is 21.4 Å². The van der Waals surface area contributed by atoms with Crippen LogP contribution in [0, 0.1) is 0 Å². The molecule has 0 aromatic rings. The van der Waals surface area contributed by atoms with Crippen LogP contribution in [0.3, 0.4) is 0 Å². The van der Waals surface area contributed by atoms with Gasteiger partial charge in [-0.2, -0.15) is 5.10 Å². The molecule has 84 valence electrons. The number of nitrogens with zero attached hydrogens (tertiary/aromatic N) is 2. The third kappa shape index (κ3) is 8.48. The summed E-state index contributed by atoms with van der Waals surface area (Å²) in [5.74, 6) is -0.824. The predicted molar refractivity (Wildman–Crippen MR) is 59.5 cm³/mol. The lowest BCUT2D eigenvalue weighted by atomic mass is 10.3. The molecule has 0 fully saturated rings. The van der Waals surface area contributed by atoms with E-state index in [2.05, 4.69) is 17.1 Å². The standard InChI is InChI=1S/C7H12N4.C2H4O2/c1-5-2-3-6(4-5)10-11-7(8)9;1-2(3)4/h4H,2-3H2,1H3,(H4,8,9,11);1H3,(H,3,4)/b10-6-;. The molecule has 0 saturated heterocycles. The van der Waals surface area contributed by atoms with E-state index in [0.29, 0.717) is 0 Å². The molecule has 1 aliphatic carbocycles. The van der Waals surface area contributed by atoms with Crippen LogP contribution in [0.2, 0.25) is 0 Å². The van der Waals surface area contributed by atoms with Crippen LogP contribution in [0.5, 0.6) is 0 Å². The minimum atomic E-state index is -0.833. The molecule has 0 bridgehead atoms. The van der Waals surface area contributed by atoms with Crippen molar-refractivity contribution in [1.82, 2.24) is 0 Å². The summed E-state index contributed by atoms with van der Waals surface area (Å²) in [6.45, 7) is 3.15. The average molecular weight is 212 g/mol. The highest BCUT2D eigenvalue weighted by Gasteiger charge is 2.05. The van der Waals surface area contributed by atoms with E-state index in [-0.39, 0.29) is 5.96 Å². The summed E-state index contributed by atoms with van der Waals surface area (Å²) in [6.07, 6.45) is 4.02. The molecule has 0 radical (unpaired) electrons. The van der Waals surface area contributed by atoms with Crippen molar-refractivity contribution in [2.24, 2.45) is 21.7 Å². The molecule has 0 aromatic heterocycles. The topological polar surface area (TPSA) is 114 Å². The maximum absolute atomic E-state index is 9.00. The Bertz CT molecular complexity index is 310. The van der Waals surface area contributed by atoms with Crippen molar-refractivity contribution in [3.8, 4) is 0 Å². The van der Waals surface area contributed by atoms with Crippen LogP contribution in [0.1, 0.15) is 26.7 Å². The molecule has 1 rings (SSSR count). The molecule has 6 heteroatoms. The van der Waals surface area contributed by atoms with Gasteiger partial charge in [-0.25, -0.2) is 0 Å². The molecular formula is C9H16N4O2. The van der Waals surface area contributed by atoms with E-state index in [1.54, 1.807) is 0 Å². The Kier molecular flexibility index (Phi) is 5.77. The van der Waals surface area contributed by atoms with Gasteiger partial charge in [-0.05, 0) is 25.8 Å². The lowest BCUT2D eigenvalue weighted by Crippen LogP contribution is -2.22. The van der Waals surface area contributed by atoms with Gasteiger partial charge < -0.3 is 16.6 Å². The lowest BCUT2D eigenvalue weighted by Gasteiger charge is -1.87.